The zero-order chi connectivity index (χ0) is 9.54. The smallest absolute Gasteiger partial charge is 1.00 e. The van der Waals surface area contributed by atoms with Crippen LogP contribution in [0.4, 0.5) is 0 Å². The average Bonchev–Trinajstić information content (AvgIpc) is 2.59. The summed E-state index contributed by atoms with van der Waals surface area (Å²) >= 11 is 0. The Morgan fingerprint density at radius 2 is 1.56 bits per heavy atom. The zero-order valence-electron chi connectivity index (χ0n) is 8.74. The molecule has 2 aromatic carbocycles. The quantitative estimate of drug-likeness (QED) is 0.410. The first kappa shape index (κ1) is 13.2. The molecule has 0 bridgehead atoms. The molecule has 3 aromatic rings. The van der Waals surface area contributed by atoms with Crippen LogP contribution in [0.25, 0.3) is 21.9 Å². The zero-order valence-corrected chi connectivity index (χ0v) is 10.9. The molecule has 0 spiro atoms. The van der Waals surface area contributed by atoms with Crippen LogP contribution in [0.5, 0.6) is 0 Å². The van der Waals surface area contributed by atoms with Crippen LogP contribution in [0.3, 0.4) is 0 Å². The van der Waals surface area contributed by atoms with E-state index in [1.54, 1.807) is 0 Å². The van der Waals surface area contributed by atoms with Crippen molar-refractivity contribution in [1.82, 2.24) is 0 Å². The Labute approximate surface area is 116 Å². The van der Waals surface area contributed by atoms with Crippen molar-refractivity contribution in [2.75, 3.05) is 0 Å². The number of rotatable bonds is 0. The molecule has 0 aliphatic carbocycles. The molecule has 0 saturated heterocycles. The second kappa shape index (κ2) is 5.00. The second-order valence-electron chi connectivity index (χ2n) is 3.39. The summed E-state index contributed by atoms with van der Waals surface area (Å²) in [6.07, 6.45) is 0. The minimum atomic E-state index is 0. The van der Waals surface area contributed by atoms with Crippen LogP contribution in [0.15, 0.2) is 46.9 Å². The number of furan rings is 1. The molecule has 16 heavy (non-hydrogen) atoms. The molecule has 1 nitrogen and oxygen atoms in total. The van der Waals surface area contributed by atoms with E-state index in [-0.39, 0.29) is 35.5 Å². The van der Waals surface area contributed by atoms with Gasteiger partial charge in [0.05, 0.1) is 0 Å². The van der Waals surface area contributed by atoms with Gasteiger partial charge in [-0.25, -0.2) is 0 Å². The van der Waals surface area contributed by atoms with Crippen molar-refractivity contribution in [3.63, 3.8) is 0 Å². The van der Waals surface area contributed by atoms with E-state index in [1.807, 2.05) is 30.3 Å². The van der Waals surface area contributed by atoms with Gasteiger partial charge in [0.1, 0.15) is 5.58 Å². The van der Waals surface area contributed by atoms with Gasteiger partial charge in [-0.1, -0.05) is 24.3 Å². The van der Waals surface area contributed by atoms with Crippen molar-refractivity contribution in [2.24, 2.45) is 0 Å². The molecule has 76 valence electrons. The van der Waals surface area contributed by atoms with Gasteiger partial charge < -0.3 is 16.8 Å². The first-order valence-corrected chi connectivity index (χ1v) is 4.58. The molecular weight excluding hydrogens is 232 g/mol. The number of hydrogen-bond donors (Lipinski definition) is 0. The fraction of sp³-hybridized carbons (Fsp3) is 0. The van der Waals surface area contributed by atoms with Crippen LogP contribution in [-0.4, -0.2) is 23.1 Å². The average molecular weight is 241 g/mol. The molecule has 1 aromatic heterocycles. The number of fused-ring (bicyclic) bond motifs is 3. The third-order valence-electron chi connectivity index (χ3n) is 2.49. The SMILES string of the molecule is [CH2-]c1cccc2c1oc1ccccc12.[Cl-].[Mg+2]. The number of hydrogen-bond acceptors (Lipinski definition) is 1. The Morgan fingerprint density at radius 3 is 2.38 bits per heavy atom. The maximum Gasteiger partial charge on any atom is 2.00 e. The topological polar surface area (TPSA) is 13.1 Å². The Balaban J connectivity index is 0.000000640. The monoisotopic (exact) mass is 240 g/mol. The third-order valence-corrected chi connectivity index (χ3v) is 2.49. The van der Waals surface area contributed by atoms with Gasteiger partial charge in [-0.2, -0.15) is 18.6 Å². The van der Waals surface area contributed by atoms with Gasteiger partial charge in [0.25, 0.3) is 0 Å². The number of halogens is 1. The molecule has 0 saturated carbocycles. The van der Waals surface area contributed by atoms with Gasteiger partial charge in [0.2, 0.25) is 0 Å². The normalized spacial score (nSPS) is 9.75. The van der Waals surface area contributed by atoms with E-state index in [0.29, 0.717) is 0 Å². The molecule has 1 heterocycles. The van der Waals surface area contributed by atoms with Gasteiger partial charge in [0, 0.05) is 11.0 Å². The van der Waals surface area contributed by atoms with E-state index in [2.05, 4.69) is 19.1 Å². The molecule has 0 radical (unpaired) electrons. The predicted octanol–water partition coefficient (Wildman–Crippen LogP) is 0.391. The Hall–Kier alpha value is -0.834. The summed E-state index contributed by atoms with van der Waals surface area (Å²) in [6.45, 7) is 3.95. The molecule has 0 unspecified atom stereocenters. The van der Waals surface area contributed by atoms with Crippen molar-refractivity contribution in [3.8, 4) is 0 Å². The minimum absolute atomic E-state index is 0. The standard InChI is InChI=1S/C13H9O.ClH.Mg/c1-9-5-4-7-11-10-6-2-3-8-12(10)14-13(9)11;;/h2-8H,1H2;1H;/q-1;;+2/p-1. The van der Waals surface area contributed by atoms with Crippen molar-refractivity contribution in [3.05, 3.63) is 55.0 Å². The van der Waals surface area contributed by atoms with Crippen molar-refractivity contribution in [1.29, 1.82) is 0 Å². The molecule has 0 N–H and O–H groups in total. The Bertz CT molecular complexity index is 615. The third kappa shape index (κ3) is 1.88. The Kier molecular flexibility index (Phi) is 4.13. The summed E-state index contributed by atoms with van der Waals surface area (Å²) in [5.41, 5.74) is 2.77. The van der Waals surface area contributed by atoms with Gasteiger partial charge in [-0.15, -0.1) is 6.07 Å². The van der Waals surface area contributed by atoms with E-state index in [4.69, 9.17) is 4.42 Å². The molecule has 3 rings (SSSR count). The van der Waals surface area contributed by atoms with Crippen LogP contribution < -0.4 is 12.4 Å². The Morgan fingerprint density at radius 1 is 0.875 bits per heavy atom. The summed E-state index contributed by atoms with van der Waals surface area (Å²) in [5, 5.41) is 2.31. The van der Waals surface area contributed by atoms with Gasteiger partial charge in [-0.05, 0) is 11.5 Å². The summed E-state index contributed by atoms with van der Waals surface area (Å²) in [7, 11) is 0. The van der Waals surface area contributed by atoms with E-state index in [1.165, 1.54) is 0 Å². The van der Waals surface area contributed by atoms with Gasteiger partial charge in [0.15, 0.2) is 0 Å². The van der Waals surface area contributed by atoms with Crippen molar-refractivity contribution in [2.45, 2.75) is 0 Å². The van der Waals surface area contributed by atoms with E-state index < -0.39 is 0 Å². The van der Waals surface area contributed by atoms with Crippen LogP contribution in [0, 0.1) is 6.92 Å². The summed E-state index contributed by atoms with van der Waals surface area (Å²) in [6, 6.07) is 14.1. The maximum atomic E-state index is 5.72. The predicted molar refractivity (Wildman–Crippen MR) is 63.9 cm³/mol. The fourth-order valence-corrected chi connectivity index (χ4v) is 1.81. The van der Waals surface area contributed by atoms with Crippen molar-refractivity contribution < 1.29 is 16.8 Å². The van der Waals surface area contributed by atoms with Crippen LogP contribution in [-0.2, 0) is 0 Å². The first-order chi connectivity index (χ1) is 6.86. The summed E-state index contributed by atoms with van der Waals surface area (Å²) in [4.78, 5) is 0. The van der Waals surface area contributed by atoms with Crippen LogP contribution >= 0.6 is 0 Å². The van der Waals surface area contributed by atoms with Gasteiger partial charge >= 0.3 is 23.1 Å². The molecule has 0 aliphatic rings. The molecular formula is C13H9ClMgO. The van der Waals surface area contributed by atoms with E-state index in [0.717, 1.165) is 27.5 Å². The molecule has 3 heteroatoms. The van der Waals surface area contributed by atoms with Gasteiger partial charge in [-0.3, -0.25) is 0 Å². The maximum absolute atomic E-state index is 5.72. The summed E-state index contributed by atoms with van der Waals surface area (Å²) < 4.78 is 5.72. The number of benzene rings is 2. The van der Waals surface area contributed by atoms with Crippen molar-refractivity contribution >= 4 is 45.0 Å². The molecule has 0 aliphatic heterocycles. The molecule has 0 atom stereocenters. The summed E-state index contributed by atoms with van der Waals surface area (Å²) in [5.74, 6) is 0. The van der Waals surface area contributed by atoms with Crippen LogP contribution in [0.2, 0.25) is 0 Å². The van der Waals surface area contributed by atoms with E-state index in [9.17, 15) is 0 Å². The van der Waals surface area contributed by atoms with Crippen LogP contribution in [0.1, 0.15) is 5.56 Å². The minimum Gasteiger partial charge on any atom is -1.00 e. The first-order valence-electron chi connectivity index (χ1n) is 4.58. The molecule has 0 fully saturated rings. The second-order valence-corrected chi connectivity index (χ2v) is 3.39. The largest absolute Gasteiger partial charge is 2.00 e. The van der Waals surface area contributed by atoms with E-state index >= 15 is 0 Å². The molecule has 0 amide bonds. The fourth-order valence-electron chi connectivity index (χ4n) is 1.81. The number of para-hydroxylation sites is 2.